The number of hydrogen-bond acceptors (Lipinski definition) is 3. The molecule has 0 spiro atoms. The number of benzene rings is 1. The molecule has 0 N–H and O–H groups in total. The number of aromatic nitrogens is 4. The zero-order chi connectivity index (χ0) is 21.1. The first-order valence-electron chi connectivity index (χ1n) is 10.2. The van der Waals surface area contributed by atoms with Gasteiger partial charge in [0.15, 0.2) is 0 Å². The van der Waals surface area contributed by atoms with Crippen LogP contribution in [0.1, 0.15) is 17.5 Å². The van der Waals surface area contributed by atoms with Gasteiger partial charge in [-0.05, 0) is 35.4 Å². The second kappa shape index (κ2) is 8.42. The first kappa shape index (κ1) is 20.3. The highest BCUT2D eigenvalue weighted by Gasteiger charge is 2.20. The Labute approximate surface area is 178 Å². The summed E-state index contributed by atoms with van der Waals surface area (Å²) in [4.78, 5) is 4.57. The van der Waals surface area contributed by atoms with E-state index in [4.69, 9.17) is 4.74 Å². The summed E-state index contributed by atoms with van der Waals surface area (Å²) in [6.07, 6.45) is 7.28. The molecule has 1 aromatic carbocycles. The van der Waals surface area contributed by atoms with Crippen LogP contribution in [0, 0.1) is 0 Å². The van der Waals surface area contributed by atoms with Gasteiger partial charge in [0.1, 0.15) is 5.65 Å². The molecule has 30 heavy (non-hydrogen) atoms. The summed E-state index contributed by atoms with van der Waals surface area (Å²) in [5.74, 6) is 0. The van der Waals surface area contributed by atoms with Crippen molar-refractivity contribution in [1.29, 1.82) is 0 Å². The predicted molar refractivity (Wildman–Crippen MR) is 125 cm³/mol. The van der Waals surface area contributed by atoms with Crippen LogP contribution in [-0.2, 0) is 4.74 Å². The zero-order valence-electron chi connectivity index (χ0n) is 17.8. The number of pyridine rings is 1. The lowest BCUT2D eigenvalue weighted by atomic mass is 10.0. The minimum Gasteiger partial charge on any atom is -0.339 e. The quantitative estimate of drug-likeness (QED) is 0.349. The fourth-order valence-electron chi connectivity index (χ4n) is 3.34. The Balaban J connectivity index is 1.66. The lowest BCUT2D eigenvalue weighted by molar-refractivity contribution is -0.0179. The Bertz CT molecular complexity index is 1140. The standard InChI is InChI=1S/C24H28N4OSi/c1-19(20-9-6-5-7-10-20)22-17-26-28(18-22)24(29-15-16-30(2,3)4)27-14-12-21-11-8-13-25-23(21)27/h5-14,17-18,24H,1,15-16H2,2-4H3. The minimum atomic E-state index is -1.21. The van der Waals surface area contributed by atoms with Gasteiger partial charge in [0.2, 0.25) is 6.35 Å². The van der Waals surface area contributed by atoms with E-state index in [1.54, 1.807) is 0 Å². The first-order valence-corrected chi connectivity index (χ1v) is 14.0. The summed E-state index contributed by atoms with van der Waals surface area (Å²) in [5.41, 5.74) is 3.89. The highest BCUT2D eigenvalue weighted by molar-refractivity contribution is 6.76. The SMILES string of the molecule is C=C(c1ccccc1)c1cnn(C(OCC[Si](C)(C)C)n2ccc3cccnc32)c1. The van der Waals surface area contributed by atoms with Crippen molar-refractivity contribution in [3.05, 3.63) is 91.0 Å². The summed E-state index contributed by atoms with van der Waals surface area (Å²) in [5, 5.41) is 5.72. The van der Waals surface area contributed by atoms with E-state index in [-0.39, 0.29) is 0 Å². The fraction of sp³-hybridized carbons (Fsp3) is 0.250. The molecular weight excluding hydrogens is 388 g/mol. The summed E-state index contributed by atoms with van der Waals surface area (Å²) < 4.78 is 10.3. The van der Waals surface area contributed by atoms with Crippen LogP contribution in [0.5, 0.6) is 0 Å². The summed E-state index contributed by atoms with van der Waals surface area (Å²) >= 11 is 0. The van der Waals surface area contributed by atoms with E-state index in [1.807, 2.05) is 58.3 Å². The van der Waals surface area contributed by atoms with Crippen LogP contribution in [-0.4, -0.2) is 34.0 Å². The van der Waals surface area contributed by atoms with Gasteiger partial charge in [-0.3, -0.25) is 4.57 Å². The normalized spacial score (nSPS) is 12.9. The molecule has 0 saturated carbocycles. The summed E-state index contributed by atoms with van der Waals surface area (Å²) in [6.45, 7) is 12.0. The van der Waals surface area contributed by atoms with E-state index in [9.17, 15) is 0 Å². The van der Waals surface area contributed by atoms with Crippen molar-refractivity contribution in [2.45, 2.75) is 32.0 Å². The molecule has 0 fully saturated rings. The molecule has 0 bridgehead atoms. The van der Waals surface area contributed by atoms with Crippen molar-refractivity contribution >= 4 is 24.7 Å². The number of nitrogens with zero attached hydrogens (tertiary/aromatic N) is 4. The van der Waals surface area contributed by atoms with E-state index in [2.05, 4.69) is 60.6 Å². The maximum Gasteiger partial charge on any atom is 0.234 e. The molecule has 1 unspecified atom stereocenters. The van der Waals surface area contributed by atoms with E-state index >= 15 is 0 Å². The number of rotatable bonds is 8. The lowest BCUT2D eigenvalue weighted by Crippen LogP contribution is -2.26. The molecule has 0 radical (unpaired) electrons. The van der Waals surface area contributed by atoms with E-state index in [0.29, 0.717) is 6.61 Å². The Hall–Kier alpha value is -2.96. The average molecular weight is 417 g/mol. The molecule has 1 atom stereocenters. The largest absolute Gasteiger partial charge is 0.339 e. The van der Waals surface area contributed by atoms with Gasteiger partial charge in [0, 0.05) is 44.2 Å². The second-order valence-corrected chi connectivity index (χ2v) is 14.3. The molecule has 0 aliphatic carbocycles. The third-order valence-electron chi connectivity index (χ3n) is 5.13. The molecule has 0 aliphatic rings. The van der Waals surface area contributed by atoms with Crippen molar-refractivity contribution in [2.75, 3.05) is 6.61 Å². The Kier molecular flexibility index (Phi) is 5.70. The average Bonchev–Trinajstić information content (AvgIpc) is 3.38. The fourth-order valence-corrected chi connectivity index (χ4v) is 4.07. The molecule has 4 aromatic rings. The highest BCUT2D eigenvalue weighted by atomic mass is 28.3. The second-order valence-electron chi connectivity index (χ2n) is 8.70. The van der Waals surface area contributed by atoms with Crippen LogP contribution in [0.4, 0.5) is 0 Å². The molecule has 6 heteroatoms. The zero-order valence-corrected chi connectivity index (χ0v) is 18.8. The summed E-state index contributed by atoms with van der Waals surface area (Å²) in [7, 11) is -1.21. The highest BCUT2D eigenvalue weighted by Crippen LogP contribution is 2.25. The van der Waals surface area contributed by atoms with E-state index in [1.165, 1.54) is 0 Å². The number of ether oxygens (including phenoxy) is 1. The van der Waals surface area contributed by atoms with E-state index < -0.39 is 14.4 Å². The molecule has 4 rings (SSSR count). The van der Waals surface area contributed by atoms with Crippen LogP contribution in [0.3, 0.4) is 0 Å². The lowest BCUT2D eigenvalue weighted by Gasteiger charge is -2.23. The van der Waals surface area contributed by atoms with Crippen molar-refractivity contribution in [1.82, 2.24) is 19.3 Å². The molecule has 0 saturated heterocycles. The maximum absolute atomic E-state index is 6.38. The van der Waals surface area contributed by atoms with Gasteiger partial charge in [-0.25, -0.2) is 9.67 Å². The third-order valence-corrected chi connectivity index (χ3v) is 6.84. The number of hydrogen-bond donors (Lipinski definition) is 0. The number of fused-ring (bicyclic) bond motifs is 1. The third kappa shape index (κ3) is 4.45. The van der Waals surface area contributed by atoms with Gasteiger partial charge in [-0.15, -0.1) is 0 Å². The van der Waals surface area contributed by atoms with Gasteiger partial charge in [-0.2, -0.15) is 5.10 Å². The molecule has 0 aliphatic heterocycles. The molecule has 0 amide bonds. The topological polar surface area (TPSA) is 44.9 Å². The van der Waals surface area contributed by atoms with Crippen molar-refractivity contribution in [3.63, 3.8) is 0 Å². The Morgan fingerprint density at radius 2 is 1.87 bits per heavy atom. The Morgan fingerprint density at radius 3 is 2.63 bits per heavy atom. The molecule has 154 valence electrons. The minimum absolute atomic E-state index is 0.397. The smallest absolute Gasteiger partial charge is 0.234 e. The molecule has 3 aromatic heterocycles. The predicted octanol–water partition coefficient (Wildman–Crippen LogP) is 5.65. The van der Waals surface area contributed by atoms with Crippen molar-refractivity contribution in [2.24, 2.45) is 0 Å². The van der Waals surface area contributed by atoms with Gasteiger partial charge in [-0.1, -0.05) is 56.6 Å². The van der Waals surface area contributed by atoms with Gasteiger partial charge in [0.05, 0.1) is 6.20 Å². The van der Waals surface area contributed by atoms with Crippen LogP contribution >= 0.6 is 0 Å². The summed E-state index contributed by atoms with van der Waals surface area (Å²) in [6, 6.07) is 17.3. The van der Waals surface area contributed by atoms with Crippen molar-refractivity contribution < 1.29 is 4.74 Å². The van der Waals surface area contributed by atoms with Crippen LogP contribution < -0.4 is 0 Å². The van der Waals surface area contributed by atoms with Crippen molar-refractivity contribution in [3.8, 4) is 0 Å². The van der Waals surface area contributed by atoms with Gasteiger partial charge in [0.25, 0.3) is 0 Å². The molecular formula is C24H28N4OSi. The Morgan fingerprint density at radius 1 is 1.07 bits per heavy atom. The molecule has 3 heterocycles. The van der Waals surface area contributed by atoms with Gasteiger partial charge >= 0.3 is 0 Å². The van der Waals surface area contributed by atoms with Gasteiger partial charge < -0.3 is 4.74 Å². The maximum atomic E-state index is 6.38. The van der Waals surface area contributed by atoms with E-state index in [0.717, 1.165) is 33.8 Å². The van der Waals surface area contributed by atoms with Crippen LogP contribution in [0.15, 0.2) is 79.9 Å². The van der Waals surface area contributed by atoms with Crippen LogP contribution in [0.25, 0.3) is 16.6 Å². The monoisotopic (exact) mass is 416 g/mol. The molecule has 5 nitrogen and oxygen atoms in total. The first-order chi connectivity index (χ1) is 14.4. The van der Waals surface area contributed by atoms with Crippen LogP contribution in [0.2, 0.25) is 25.7 Å².